The van der Waals surface area contributed by atoms with Crippen molar-refractivity contribution in [3.63, 3.8) is 0 Å². The summed E-state index contributed by atoms with van der Waals surface area (Å²) in [6.07, 6.45) is 0.300. The highest BCUT2D eigenvalue weighted by Gasteiger charge is 2.37. The van der Waals surface area contributed by atoms with Gasteiger partial charge in [0.25, 0.3) is 0 Å². The molecule has 1 aliphatic rings. The third-order valence-electron chi connectivity index (χ3n) is 2.87. The van der Waals surface area contributed by atoms with Crippen LogP contribution in [-0.2, 0) is 10.3 Å². The lowest BCUT2D eigenvalue weighted by molar-refractivity contribution is -0.119. The van der Waals surface area contributed by atoms with Gasteiger partial charge in [-0.3, -0.25) is 10.2 Å². The molecule has 0 aliphatic carbocycles. The number of hydrogen-bond donors (Lipinski definition) is 3. The zero-order valence-corrected chi connectivity index (χ0v) is 9.91. The average Bonchev–Trinajstić information content (AvgIpc) is 2.60. The second-order valence-corrected chi connectivity index (χ2v) is 4.29. The van der Waals surface area contributed by atoms with Crippen LogP contribution in [0.2, 0.25) is 0 Å². The first kappa shape index (κ1) is 11.7. The van der Waals surface area contributed by atoms with Crippen LogP contribution in [0.25, 0.3) is 0 Å². The maximum atomic E-state index is 11.2. The van der Waals surface area contributed by atoms with Gasteiger partial charge in [-0.15, -0.1) is 0 Å². The zero-order valence-electron chi connectivity index (χ0n) is 9.91. The zero-order chi connectivity index (χ0) is 12.5. The van der Waals surface area contributed by atoms with Crippen molar-refractivity contribution in [1.82, 2.24) is 10.9 Å². The van der Waals surface area contributed by atoms with Gasteiger partial charge in [-0.05, 0) is 26.0 Å². The number of nitrogens with one attached hydrogen (secondary N) is 2. The number of phenolic OH excluding ortho intramolecular Hbond substituents is 1. The van der Waals surface area contributed by atoms with Crippen LogP contribution in [0.4, 0.5) is 0 Å². The quantitative estimate of drug-likeness (QED) is 0.733. The molecule has 0 aromatic heterocycles. The Balaban J connectivity index is 2.30. The standard InChI is InChI=1S/C12H16N2O3/c1-3-17-8-4-5-9(10(15)6-8)12(2)7-11(16)13-14-12/h4-6,14-15H,3,7H2,1-2H3,(H,13,16). The molecule has 1 fully saturated rings. The minimum absolute atomic E-state index is 0.0826. The summed E-state index contributed by atoms with van der Waals surface area (Å²) in [4.78, 5) is 11.2. The highest BCUT2D eigenvalue weighted by Crippen LogP contribution is 2.35. The first-order chi connectivity index (χ1) is 8.05. The number of benzene rings is 1. The van der Waals surface area contributed by atoms with Crippen molar-refractivity contribution >= 4 is 5.91 Å². The van der Waals surface area contributed by atoms with Crippen LogP contribution < -0.4 is 15.6 Å². The Morgan fingerprint density at radius 2 is 2.29 bits per heavy atom. The normalized spacial score (nSPS) is 23.5. The van der Waals surface area contributed by atoms with Gasteiger partial charge in [-0.25, -0.2) is 5.43 Å². The first-order valence-electron chi connectivity index (χ1n) is 5.57. The molecule has 1 saturated heterocycles. The molecule has 1 heterocycles. The molecule has 0 bridgehead atoms. The van der Waals surface area contributed by atoms with Crippen LogP contribution in [0.15, 0.2) is 18.2 Å². The largest absolute Gasteiger partial charge is 0.507 e. The summed E-state index contributed by atoms with van der Waals surface area (Å²) in [5.41, 5.74) is 5.54. The molecule has 1 aromatic rings. The van der Waals surface area contributed by atoms with Crippen LogP contribution in [0.3, 0.4) is 0 Å². The average molecular weight is 236 g/mol. The summed E-state index contributed by atoms with van der Waals surface area (Å²) in [6, 6.07) is 5.12. The van der Waals surface area contributed by atoms with Crippen molar-refractivity contribution in [2.24, 2.45) is 0 Å². The van der Waals surface area contributed by atoms with Crippen molar-refractivity contribution in [3.8, 4) is 11.5 Å². The third-order valence-corrected chi connectivity index (χ3v) is 2.87. The fraction of sp³-hybridized carbons (Fsp3) is 0.417. The molecule has 5 nitrogen and oxygen atoms in total. The van der Waals surface area contributed by atoms with Gasteiger partial charge in [0.05, 0.1) is 18.6 Å². The summed E-state index contributed by atoms with van der Waals surface area (Å²) in [5.74, 6) is 0.665. The summed E-state index contributed by atoms with van der Waals surface area (Å²) in [7, 11) is 0. The van der Waals surface area contributed by atoms with Gasteiger partial charge in [0.2, 0.25) is 5.91 Å². The predicted molar refractivity (Wildman–Crippen MR) is 62.5 cm³/mol. The Morgan fingerprint density at radius 1 is 1.53 bits per heavy atom. The molecular weight excluding hydrogens is 220 g/mol. The number of rotatable bonds is 3. The number of carbonyl (C=O) groups excluding carboxylic acids is 1. The lowest BCUT2D eigenvalue weighted by atomic mass is 9.89. The lowest BCUT2D eigenvalue weighted by Gasteiger charge is -2.24. The second kappa shape index (κ2) is 4.25. The van der Waals surface area contributed by atoms with Crippen LogP contribution in [-0.4, -0.2) is 17.6 Å². The highest BCUT2D eigenvalue weighted by molar-refractivity contribution is 5.79. The third kappa shape index (κ3) is 2.19. The van der Waals surface area contributed by atoms with Crippen LogP contribution in [0.5, 0.6) is 11.5 Å². The van der Waals surface area contributed by atoms with Crippen LogP contribution >= 0.6 is 0 Å². The molecular formula is C12H16N2O3. The molecule has 0 spiro atoms. The second-order valence-electron chi connectivity index (χ2n) is 4.29. The van der Waals surface area contributed by atoms with Crippen LogP contribution in [0, 0.1) is 0 Å². The molecule has 2 rings (SSSR count). The molecule has 3 N–H and O–H groups in total. The fourth-order valence-corrected chi connectivity index (χ4v) is 2.01. The molecule has 1 aliphatic heterocycles. The molecule has 1 aromatic carbocycles. The fourth-order valence-electron chi connectivity index (χ4n) is 2.01. The van der Waals surface area contributed by atoms with Gasteiger partial charge in [-0.2, -0.15) is 0 Å². The van der Waals surface area contributed by atoms with Gasteiger partial charge >= 0.3 is 0 Å². The van der Waals surface area contributed by atoms with Crippen LogP contribution in [0.1, 0.15) is 25.8 Å². The number of ether oxygens (including phenoxy) is 1. The van der Waals surface area contributed by atoms with Gasteiger partial charge in [0.15, 0.2) is 0 Å². The maximum absolute atomic E-state index is 11.2. The molecule has 92 valence electrons. The Bertz CT molecular complexity index is 447. The number of aromatic hydroxyl groups is 1. The first-order valence-corrected chi connectivity index (χ1v) is 5.57. The number of hydrogen-bond acceptors (Lipinski definition) is 4. The smallest absolute Gasteiger partial charge is 0.236 e. The van der Waals surface area contributed by atoms with E-state index in [4.69, 9.17) is 4.74 Å². The van der Waals surface area contributed by atoms with Gasteiger partial charge in [0, 0.05) is 11.6 Å². The van der Waals surface area contributed by atoms with E-state index in [0.29, 0.717) is 24.3 Å². The van der Waals surface area contributed by atoms with E-state index in [-0.39, 0.29) is 11.7 Å². The number of carbonyl (C=O) groups is 1. The minimum Gasteiger partial charge on any atom is -0.507 e. The Kier molecular flexibility index (Phi) is 2.93. The van der Waals surface area contributed by atoms with E-state index in [9.17, 15) is 9.90 Å². The van der Waals surface area contributed by atoms with Crippen molar-refractivity contribution in [3.05, 3.63) is 23.8 Å². The number of amides is 1. The Hall–Kier alpha value is -1.75. The molecule has 1 amide bonds. The van der Waals surface area contributed by atoms with E-state index >= 15 is 0 Å². The van der Waals surface area contributed by atoms with E-state index in [2.05, 4.69) is 10.9 Å². The summed E-state index contributed by atoms with van der Waals surface area (Å²) < 4.78 is 5.30. The number of hydrazine groups is 1. The molecule has 5 heteroatoms. The monoisotopic (exact) mass is 236 g/mol. The lowest BCUT2D eigenvalue weighted by Crippen LogP contribution is -2.38. The van der Waals surface area contributed by atoms with E-state index in [1.807, 2.05) is 13.8 Å². The molecule has 1 unspecified atom stereocenters. The summed E-state index contributed by atoms with van der Waals surface area (Å²) >= 11 is 0. The van der Waals surface area contributed by atoms with E-state index in [1.54, 1.807) is 18.2 Å². The topological polar surface area (TPSA) is 70.6 Å². The Morgan fingerprint density at radius 3 is 2.82 bits per heavy atom. The maximum Gasteiger partial charge on any atom is 0.236 e. The van der Waals surface area contributed by atoms with Crippen molar-refractivity contribution in [1.29, 1.82) is 0 Å². The van der Waals surface area contributed by atoms with Gasteiger partial charge in [0.1, 0.15) is 11.5 Å². The Labute approximate surface area is 99.8 Å². The summed E-state index contributed by atoms with van der Waals surface area (Å²) in [6.45, 7) is 4.29. The van der Waals surface area contributed by atoms with Gasteiger partial charge < -0.3 is 9.84 Å². The minimum atomic E-state index is -0.577. The highest BCUT2D eigenvalue weighted by atomic mass is 16.5. The van der Waals surface area contributed by atoms with Gasteiger partial charge in [-0.1, -0.05) is 0 Å². The van der Waals surface area contributed by atoms with E-state index in [0.717, 1.165) is 0 Å². The molecule has 1 atom stereocenters. The van der Waals surface area contributed by atoms with E-state index < -0.39 is 5.54 Å². The van der Waals surface area contributed by atoms with E-state index in [1.165, 1.54) is 0 Å². The van der Waals surface area contributed by atoms with Crippen molar-refractivity contribution < 1.29 is 14.6 Å². The molecule has 0 radical (unpaired) electrons. The number of phenols is 1. The molecule has 0 saturated carbocycles. The predicted octanol–water partition coefficient (Wildman–Crippen LogP) is 1.03. The summed E-state index contributed by atoms with van der Waals surface area (Å²) in [5, 5.41) is 9.97. The van der Waals surface area contributed by atoms with Crippen molar-refractivity contribution in [2.45, 2.75) is 25.8 Å². The molecule has 17 heavy (non-hydrogen) atoms. The van der Waals surface area contributed by atoms with Crippen molar-refractivity contribution in [2.75, 3.05) is 6.61 Å². The SMILES string of the molecule is CCOc1ccc(C2(C)CC(=O)NN2)c(O)c1.